The minimum atomic E-state index is -0.539. The molecule has 0 unspecified atom stereocenters. The molecule has 2 rings (SSSR count). The molecular weight excluding hydrogens is 384 g/mol. The highest BCUT2D eigenvalue weighted by Gasteiger charge is 2.32. The summed E-state index contributed by atoms with van der Waals surface area (Å²) in [5.74, 6) is -0.275. The third-order valence-electron chi connectivity index (χ3n) is 3.49. The van der Waals surface area contributed by atoms with Gasteiger partial charge in [0.15, 0.2) is 0 Å². The highest BCUT2D eigenvalue weighted by molar-refractivity contribution is 14.1. The van der Waals surface area contributed by atoms with Crippen LogP contribution < -0.4 is 0 Å². The Bertz CT molecular complexity index is 523. The number of hydrogen-bond donors (Lipinski definition) is 0. The maximum atomic E-state index is 13.9. The second kappa shape index (κ2) is 6.50. The average molecular weight is 405 g/mol. The first-order chi connectivity index (χ1) is 9.76. The fraction of sp³-hybridized carbons (Fsp3) is 0.562. The molecule has 0 saturated heterocycles. The Labute approximate surface area is 139 Å². The summed E-state index contributed by atoms with van der Waals surface area (Å²) < 4.78 is 20.4. The zero-order valence-corrected chi connectivity index (χ0v) is 14.8. The van der Waals surface area contributed by atoms with Gasteiger partial charge in [0.2, 0.25) is 0 Å². The van der Waals surface area contributed by atoms with Gasteiger partial charge in [0, 0.05) is 15.2 Å². The lowest BCUT2D eigenvalue weighted by molar-refractivity contribution is 0.00438. The minimum absolute atomic E-state index is 0.164. The molecule has 0 aromatic heterocycles. The van der Waals surface area contributed by atoms with Gasteiger partial charge in [-0.25, -0.2) is 9.18 Å². The second-order valence-corrected chi connectivity index (χ2v) is 7.67. The summed E-state index contributed by atoms with van der Waals surface area (Å²) in [6.07, 6.45) is 2.68. The molecule has 21 heavy (non-hydrogen) atoms. The summed E-state index contributed by atoms with van der Waals surface area (Å²) in [4.78, 5) is 14.0. The minimum Gasteiger partial charge on any atom is -0.444 e. The van der Waals surface area contributed by atoms with E-state index >= 15 is 0 Å². The molecular formula is C16H21FINO2. The molecule has 0 heterocycles. The number of halogens is 2. The van der Waals surface area contributed by atoms with Gasteiger partial charge in [-0.15, -0.1) is 0 Å². The van der Waals surface area contributed by atoms with E-state index < -0.39 is 5.60 Å². The lowest BCUT2D eigenvalue weighted by atomic mass is 9.91. The first-order valence-electron chi connectivity index (χ1n) is 7.20. The van der Waals surface area contributed by atoms with Gasteiger partial charge in [-0.2, -0.15) is 0 Å². The van der Waals surface area contributed by atoms with Crippen LogP contribution in [-0.2, 0) is 11.3 Å². The van der Waals surface area contributed by atoms with Crippen LogP contribution in [0, 0.1) is 9.39 Å². The van der Waals surface area contributed by atoms with Crippen LogP contribution in [0.15, 0.2) is 18.2 Å². The van der Waals surface area contributed by atoms with E-state index in [0.29, 0.717) is 5.56 Å². The summed E-state index contributed by atoms with van der Waals surface area (Å²) in [6, 6.07) is 5.12. The molecule has 1 aliphatic rings. The Morgan fingerprint density at radius 1 is 1.43 bits per heavy atom. The Morgan fingerprint density at radius 2 is 2.10 bits per heavy atom. The van der Waals surface area contributed by atoms with Crippen molar-refractivity contribution in [3.63, 3.8) is 0 Å². The normalized spacial score (nSPS) is 15.5. The second-order valence-electron chi connectivity index (χ2n) is 6.43. The van der Waals surface area contributed by atoms with E-state index in [1.807, 2.05) is 20.8 Å². The summed E-state index contributed by atoms with van der Waals surface area (Å²) in [6.45, 7) is 5.80. The number of rotatable bonds is 3. The summed E-state index contributed by atoms with van der Waals surface area (Å²) >= 11 is 2.15. The van der Waals surface area contributed by atoms with Gasteiger partial charge in [0.1, 0.15) is 11.4 Å². The van der Waals surface area contributed by atoms with Gasteiger partial charge < -0.3 is 9.64 Å². The lowest BCUT2D eigenvalue weighted by Gasteiger charge is -2.38. The molecule has 1 aliphatic carbocycles. The molecule has 0 N–H and O–H groups in total. The molecule has 1 amide bonds. The molecule has 0 bridgehead atoms. The zero-order valence-electron chi connectivity index (χ0n) is 12.7. The first-order valence-corrected chi connectivity index (χ1v) is 8.28. The third kappa shape index (κ3) is 4.56. The molecule has 0 radical (unpaired) electrons. The van der Waals surface area contributed by atoms with E-state index in [2.05, 4.69) is 22.6 Å². The Balaban J connectivity index is 2.16. The molecule has 1 saturated carbocycles. The monoisotopic (exact) mass is 405 g/mol. The summed E-state index contributed by atoms with van der Waals surface area (Å²) in [5.41, 5.74) is 0.00240. The highest BCUT2D eigenvalue weighted by Crippen LogP contribution is 2.28. The standard InChI is InChI=1S/C16H21FINO2/c1-16(2,3)21-15(20)19(13-5-4-6-13)10-11-9-12(18)7-8-14(11)17/h7-9,13H,4-6,10H2,1-3H3. The maximum Gasteiger partial charge on any atom is 0.410 e. The molecule has 0 spiro atoms. The largest absolute Gasteiger partial charge is 0.444 e. The molecule has 5 heteroatoms. The highest BCUT2D eigenvalue weighted by atomic mass is 127. The first kappa shape index (κ1) is 16.5. The SMILES string of the molecule is CC(C)(C)OC(=O)N(Cc1cc(I)ccc1F)C1CCC1. The number of nitrogens with zero attached hydrogens (tertiary/aromatic N) is 1. The van der Waals surface area contributed by atoms with Crippen LogP contribution in [-0.4, -0.2) is 22.6 Å². The van der Waals surface area contributed by atoms with Crippen molar-refractivity contribution in [3.8, 4) is 0 Å². The third-order valence-corrected chi connectivity index (χ3v) is 4.16. The fourth-order valence-corrected chi connectivity index (χ4v) is 2.77. The van der Waals surface area contributed by atoms with Gasteiger partial charge in [0.05, 0.1) is 6.54 Å². The summed E-state index contributed by atoms with van der Waals surface area (Å²) in [7, 11) is 0. The van der Waals surface area contributed by atoms with E-state index in [9.17, 15) is 9.18 Å². The van der Waals surface area contributed by atoms with Crippen molar-refractivity contribution in [2.75, 3.05) is 0 Å². The number of amides is 1. The van der Waals surface area contributed by atoms with Crippen molar-refractivity contribution in [2.24, 2.45) is 0 Å². The molecule has 3 nitrogen and oxygen atoms in total. The number of hydrogen-bond acceptors (Lipinski definition) is 2. The predicted molar refractivity (Wildman–Crippen MR) is 88.5 cm³/mol. The van der Waals surface area contributed by atoms with E-state index in [1.54, 1.807) is 17.0 Å². The Kier molecular flexibility index (Phi) is 5.11. The van der Waals surface area contributed by atoms with Crippen LogP contribution in [0.25, 0.3) is 0 Å². The molecule has 0 aliphatic heterocycles. The number of carbonyl (C=O) groups is 1. The quantitative estimate of drug-likeness (QED) is 0.682. The molecule has 1 aromatic rings. The Hall–Kier alpha value is -0.850. The molecule has 0 atom stereocenters. The maximum absolute atomic E-state index is 13.9. The van der Waals surface area contributed by atoms with Gasteiger partial charge >= 0.3 is 6.09 Å². The molecule has 116 valence electrons. The van der Waals surface area contributed by atoms with Crippen molar-refractivity contribution in [1.29, 1.82) is 0 Å². The van der Waals surface area contributed by atoms with Crippen molar-refractivity contribution in [1.82, 2.24) is 4.90 Å². The number of ether oxygens (including phenoxy) is 1. The van der Waals surface area contributed by atoms with Gasteiger partial charge in [-0.05, 0) is 80.8 Å². The van der Waals surface area contributed by atoms with Gasteiger partial charge in [-0.3, -0.25) is 0 Å². The number of carbonyl (C=O) groups excluding carboxylic acids is 1. The van der Waals surface area contributed by atoms with E-state index in [4.69, 9.17) is 4.74 Å². The van der Waals surface area contributed by atoms with Crippen LogP contribution in [0.3, 0.4) is 0 Å². The van der Waals surface area contributed by atoms with E-state index in [0.717, 1.165) is 22.8 Å². The fourth-order valence-electron chi connectivity index (χ4n) is 2.21. The lowest BCUT2D eigenvalue weighted by Crippen LogP contribution is -2.46. The molecule has 1 aromatic carbocycles. The van der Waals surface area contributed by atoms with Crippen molar-refractivity contribution < 1.29 is 13.9 Å². The zero-order chi connectivity index (χ0) is 15.6. The number of benzene rings is 1. The predicted octanol–water partition coefficient (Wildman–Crippen LogP) is 4.72. The average Bonchev–Trinajstić information content (AvgIpc) is 2.28. The van der Waals surface area contributed by atoms with Crippen LogP contribution in [0.5, 0.6) is 0 Å². The summed E-state index contributed by atoms with van der Waals surface area (Å²) in [5, 5.41) is 0. The van der Waals surface area contributed by atoms with Crippen molar-refractivity contribution in [3.05, 3.63) is 33.1 Å². The van der Waals surface area contributed by atoms with Crippen LogP contribution in [0.2, 0.25) is 0 Å². The van der Waals surface area contributed by atoms with Crippen molar-refractivity contribution in [2.45, 2.75) is 58.2 Å². The van der Waals surface area contributed by atoms with Crippen LogP contribution in [0.1, 0.15) is 45.6 Å². The topological polar surface area (TPSA) is 29.5 Å². The van der Waals surface area contributed by atoms with Crippen LogP contribution in [0.4, 0.5) is 9.18 Å². The molecule has 1 fully saturated rings. The van der Waals surface area contributed by atoms with Gasteiger partial charge in [-0.1, -0.05) is 0 Å². The van der Waals surface area contributed by atoms with E-state index in [-0.39, 0.29) is 24.5 Å². The van der Waals surface area contributed by atoms with Crippen molar-refractivity contribution >= 4 is 28.7 Å². The Morgan fingerprint density at radius 3 is 2.62 bits per heavy atom. The smallest absolute Gasteiger partial charge is 0.410 e. The van der Waals surface area contributed by atoms with Gasteiger partial charge in [0.25, 0.3) is 0 Å². The van der Waals surface area contributed by atoms with Crippen LogP contribution >= 0.6 is 22.6 Å². The van der Waals surface area contributed by atoms with E-state index in [1.165, 1.54) is 6.07 Å².